The van der Waals surface area contributed by atoms with Crippen LogP contribution in [-0.2, 0) is 16.1 Å². The zero-order valence-electron chi connectivity index (χ0n) is 15.3. The molecule has 0 saturated heterocycles. The molecule has 2 N–H and O–H groups in total. The number of nitrogens with zero attached hydrogens (tertiary/aromatic N) is 2. The van der Waals surface area contributed by atoms with Crippen LogP contribution in [0.25, 0.3) is 10.2 Å². The number of ether oxygens (including phenoxy) is 2. The van der Waals surface area contributed by atoms with Gasteiger partial charge in [-0.3, -0.25) is 4.79 Å². The lowest BCUT2D eigenvalue weighted by Gasteiger charge is -2.13. The van der Waals surface area contributed by atoms with Crippen molar-refractivity contribution in [1.29, 1.82) is 0 Å². The quantitative estimate of drug-likeness (QED) is 0.686. The number of rotatable bonds is 9. The van der Waals surface area contributed by atoms with E-state index in [0.717, 1.165) is 12.8 Å². The summed E-state index contributed by atoms with van der Waals surface area (Å²) in [5.41, 5.74) is 0.669. The fraction of sp³-hybridized carbons (Fsp3) is 0.529. The highest BCUT2D eigenvalue weighted by Crippen LogP contribution is 2.35. The number of methoxy groups -OCH3 is 2. The minimum absolute atomic E-state index is 0.225. The molecule has 1 unspecified atom stereocenters. The largest absolute Gasteiger partial charge is 0.480 e. The number of hydrogen-bond acceptors (Lipinski definition) is 7. The number of aromatic nitrogens is 2. The molecular formula is C17H23N3O5S. The first kappa shape index (κ1) is 20.1. The second-order valence-electron chi connectivity index (χ2n) is 5.82. The smallest absolute Gasteiger partial charge is 0.326 e. The summed E-state index contributed by atoms with van der Waals surface area (Å²) in [6.45, 7) is 3.97. The Balaban J connectivity index is 2.38. The van der Waals surface area contributed by atoms with Gasteiger partial charge in [0, 0.05) is 7.11 Å². The van der Waals surface area contributed by atoms with Crippen molar-refractivity contribution in [3.63, 3.8) is 0 Å². The highest BCUT2D eigenvalue weighted by Gasteiger charge is 2.25. The molecule has 0 spiro atoms. The van der Waals surface area contributed by atoms with Crippen molar-refractivity contribution in [1.82, 2.24) is 15.3 Å². The van der Waals surface area contributed by atoms with Crippen LogP contribution in [0.4, 0.5) is 0 Å². The molecule has 0 aliphatic carbocycles. The number of amides is 1. The highest BCUT2D eigenvalue weighted by molar-refractivity contribution is 7.20. The van der Waals surface area contributed by atoms with Crippen LogP contribution in [0.5, 0.6) is 5.88 Å². The maximum absolute atomic E-state index is 12.6. The maximum atomic E-state index is 12.6. The first-order chi connectivity index (χ1) is 12.4. The molecule has 9 heteroatoms. The van der Waals surface area contributed by atoms with Gasteiger partial charge in [-0.05, 0) is 18.9 Å². The van der Waals surface area contributed by atoms with E-state index in [-0.39, 0.29) is 6.61 Å². The number of aryl methyl sites for hydroxylation is 1. The van der Waals surface area contributed by atoms with Gasteiger partial charge in [0.2, 0.25) is 5.88 Å². The predicted molar refractivity (Wildman–Crippen MR) is 97.8 cm³/mol. The summed E-state index contributed by atoms with van der Waals surface area (Å²) in [6, 6.07) is -0.913. The zero-order valence-corrected chi connectivity index (χ0v) is 16.1. The molecule has 0 aliphatic heterocycles. The SMILES string of the molecule is CCCCC(NC(=O)c1sc2nc(COC)nc(OC)c2c1C)C(=O)O. The van der Waals surface area contributed by atoms with Crippen LogP contribution in [0.1, 0.15) is 47.2 Å². The summed E-state index contributed by atoms with van der Waals surface area (Å²) in [5.74, 6) is -0.637. The Labute approximate surface area is 155 Å². The third-order valence-corrected chi connectivity index (χ3v) is 5.11. The fourth-order valence-corrected chi connectivity index (χ4v) is 3.69. The minimum atomic E-state index is -1.04. The Kier molecular flexibility index (Phi) is 6.87. The van der Waals surface area contributed by atoms with Crippen LogP contribution in [0.3, 0.4) is 0 Å². The van der Waals surface area contributed by atoms with E-state index < -0.39 is 17.9 Å². The van der Waals surface area contributed by atoms with Crippen molar-refractivity contribution in [2.75, 3.05) is 14.2 Å². The Hall–Kier alpha value is -2.26. The van der Waals surface area contributed by atoms with Crippen LogP contribution in [0.2, 0.25) is 0 Å². The summed E-state index contributed by atoms with van der Waals surface area (Å²) in [6.07, 6.45) is 1.97. The summed E-state index contributed by atoms with van der Waals surface area (Å²) >= 11 is 1.19. The van der Waals surface area contributed by atoms with Crippen molar-refractivity contribution in [2.45, 2.75) is 45.8 Å². The molecule has 2 aromatic rings. The highest BCUT2D eigenvalue weighted by atomic mass is 32.1. The number of carbonyl (C=O) groups excluding carboxylic acids is 1. The van der Waals surface area contributed by atoms with E-state index in [9.17, 15) is 14.7 Å². The number of aliphatic carboxylic acids is 1. The van der Waals surface area contributed by atoms with E-state index in [2.05, 4.69) is 15.3 Å². The average molecular weight is 381 g/mol. The summed E-state index contributed by atoms with van der Waals surface area (Å²) in [4.78, 5) is 33.7. The number of thiophene rings is 1. The number of unbranched alkanes of at least 4 members (excludes halogenated alkanes) is 1. The zero-order chi connectivity index (χ0) is 19.3. The van der Waals surface area contributed by atoms with Gasteiger partial charge in [0.25, 0.3) is 5.91 Å². The molecule has 142 valence electrons. The van der Waals surface area contributed by atoms with Crippen molar-refractivity contribution < 1.29 is 24.2 Å². The monoisotopic (exact) mass is 381 g/mol. The van der Waals surface area contributed by atoms with Crippen molar-refractivity contribution in [3.05, 3.63) is 16.3 Å². The van der Waals surface area contributed by atoms with E-state index >= 15 is 0 Å². The lowest BCUT2D eigenvalue weighted by Crippen LogP contribution is -2.40. The molecule has 0 fully saturated rings. The van der Waals surface area contributed by atoms with Gasteiger partial charge in [0.15, 0.2) is 5.82 Å². The van der Waals surface area contributed by atoms with Crippen LogP contribution in [0, 0.1) is 6.92 Å². The number of nitrogens with one attached hydrogen (secondary N) is 1. The normalized spacial score (nSPS) is 12.2. The molecule has 0 aromatic carbocycles. The molecule has 0 radical (unpaired) electrons. The van der Waals surface area contributed by atoms with E-state index in [1.54, 1.807) is 14.0 Å². The third kappa shape index (κ3) is 4.28. The Morgan fingerprint density at radius 1 is 1.31 bits per heavy atom. The van der Waals surface area contributed by atoms with Crippen LogP contribution in [0.15, 0.2) is 0 Å². The third-order valence-electron chi connectivity index (χ3n) is 3.93. The van der Waals surface area contributed by atoms with Gasteiger partial charge in [0.1, 0.15) is 17.5 Å². The molecule has 2 heterocycles. The van der Waals surface area contributed by atoms with Gasteiger partial charge in [-0.25, -0.2) is 9.78 Å². The van der Waals surface area contributed by atoms with Crippen molar-refractivity contribution in [3.8, 4) is 5.88 Å². The molecule has 0 saturated carbocycles. The van der Waals surface area contributed by atoms with Crippen LogP contribution >= 0.6 is 11.3 Å². The Morgan fingerprint density at radius 2 is 2.04 bits per heavy atom. The average Bonchev–Trinajstić information content (AvgIpc) is 2.94. The van der Waals surface area contributed by atoms with Crippen molar-refractivity contribution in [2.24, 2.45) is 0 Å². The number of fused-ring (bicyclic) bond motifs is 1. The van der Waals surface area contributed by atoms with Gasteiger partial charge in [-0.2, -0.15) is 4.98 Å². The van der Waals surface area contributed by atoms with E-state index in [0.29, 0.717) is 38.8 Å². The second kappa shape index (κ2) is 8.91. The summed E-state index contributed by atoms with van der Waals surface area (Å²) < 4.78 is 10.4. The number of carboxylic acid groups (broad SMARTS) is 1. The predicted octanol–water partition coefficient (Wildman–Crippen LogP) is 2.53. The topological polar surface area (TPSA) is 111 Å². The second-order valence-corrected chi connectivity index (χ2v) is 6.82. The standard InChI is InChI=1S/C17H23N3O5S/c1-5-6-7-10(17(22)23)18-14(21)13-9(2)12-15(25-4)19-11(8-24-3)20-16(12)26-13/h10H,5-8H2,1-4H3,(H,18,21)(H,22,23). The summed E-state index contributed by atoms with van der Waals surface area (Å²) in [5, 5.41) is 12.6. The van der Waals surface area contributed by atoms with Crippen LogP contribution in [-0.4, -0.2) is 47.2 Å². The van der Waals surface area contributed by atoms with Crippen LogP contribution < -0.4 is 10.1 Å². The maximum Gasteiger partial charge on any atom is 0.326 e. The van der Waals surface area contributed by atoms with E-state index in [1.165, 1.54) is 18.4 Å². The molecule has 0 bridgehead atoms. The Bertz CT molecular complexity index is 805. The van der Waals surface area contributed by atoms with Gasteiger partial charge in [-0.1, -0.05) is 19.8 Å². The molecule has 1 amide bonds. The molecule has 2 rings (SSSR count). The molecule has 8 nitrogen and oxygen atoms in total. The van der Waals surface area contributed by atoms with Gasteiger partial charge in [0.05, 0.1) is 17.4 Å². The fourth-order valence-electron chi connectivity index (χ4n) is 2.59. The number of carboxylic acids is 1. The first-order valence-corrected chi connectivity index (χ1v) is 9.11. The molecular weight excluding hydrogens is 358 g/mol. The summed E-state index contributed by atoms with van der Waals surface area (Å²) in [7, 11) is 3.04. The number of hydrogen-bond donors (Lipinski definition) is 2. The van der Waals surface area contributed by atoms with E-state index in [1.807, 2.05) is 6.92 Å². The van der Waals surface area contributed by atoms with Gasteiger partial charge < -0.3 is 19.9 Å². The van der Waals surface area contributed by atoms with E-state index in [4.69, 9.17) is 9.47 Å². The Morgan fingerprint density at radius 3 is 2.62 bits per heavy atom. The minimum Gasteiger partial charge on any atom is -0.480 e. The molecule has 26 heavy (non-hydrogen) atoms. The molecule has 1 atom stereocenters. The molecule has 0 aliphatic rings. The first-order valence-electron chi connectivity index (χ1n) is 8.29. The lowest BCUT2D eigenvalue weighted by atomic mass is 10.1. The van der Waals surface area contributed by atoms with Gasteiger partial charge in [-0.15, -0.1) is 11.3 Å². The lowest BCUT2D eigenvalue weighted by molar-refractivity contribution is -0.139. The molecule has 2 aromatic heterocycles. The number of carbonyl (C=O) groups is 2. The van der Waals surface area contributed by atoms with Gasteiger partial charge >= 0.3 is 5.97 Å². The van der Waals surface area contributed by atoms with Crippen molar-refractivity contribution >= 4 is 33.4 Å².